The summed E-state index contributed by atoms with van der Waals surface area (Å²) in [5.74, 6) is 0.632. The summed E-state index contributed by atoms with van der Waals surface area (Å²) in [7, 11) is 0. The number of fused-ring (bicyclic) bond motifs is 1. The summed E-state index contributed by atoms with van der Waals surface area (Å²) in [4.78, 5) is 22.4. The first kappa shape index (κ1) is 16.7. The SMILES string of the molecule is O=C(N/N=C/c1ccc(Cl)c([N+](=O)[O-])c1)c1ccc2c(c1)OCCO2. The average molecular weight is 362 g/mol. The van der Waals surface area contributed by atoms with Crippen LogP contribution in [0.25, 0.3) is 0 Å². The zero-order valence-electron chi connectivity index (χ0n) is 12.8. The Kier molecular flexibility index (Phi) is 4.80. The Bertz CT molecular complexity index is 869. The quantitative estimate of drug-likeness (QED) is 0.512. The van der Waals surface area contributed by atoms with E-state index < -0.39 is 10.8 Å². The molecule has 0 saturated carbocycles. The van der Waals surface area contributed by atoms with Crippen LogP contribution < -0.4 is 14.9 Å². The van der Waals surface area contributed by atoms with Crippen LogP contribution in [-0.4, -0.2) is 30.3 Å². The van der Waals surface area contributed by atoms with E-state index in [2.05, 4.69) is 10.5 Å². The van der Waals surface area contributed by atoms with Gasteiger partial charge >= 0.3 is 0 Å². The second-order valence-electron chi connectivity index (χ2n) is 5.03. The lowest BCUT2D eigenvalue weighted by molar-refractivity contribution is -0.384. The molecule has 0 atom stereocenters. The Morgan fingerprint density at radius 2 is 1.96 bits per heavy atom. The summed E-state index contributed by atoms with van der Waals surface area (Å²) in [6, 6.07) is 9.01. The number of nitro benzene ring substituents is 1. The molecular formula is C16H12ClN3O5. The van der Waals surface area contributed by atoms with Crippen LogP contribution in [-0.2, 0) is 0 Å². The molecule has 9 heteroatoms. The predicted octanol–water partition coefficient (Wildman–Crippen LogP) is 2.78. The molecule has 2 aromatic carbocycles. The molecule has 1 N–H and O–H groups in total. The van der Waals surface area contributed by atoms with Gasteiger partial charge in [0.05, 0.1) is 11.1 Å². The lowest BCUT2D eigenvalue weighted by Crippen LogP contribution is -2.19. The van der Waals surface area contributed by atoms with Gasteiger partial charge in [0.25, 0.3) is 11.6 Å². The van der Waals surface area contributed by atoms with E-state index in [0.717, 1.165) is 0 Å². The molecule has 128 valence electrons. The van der Waals surface area contributed by atoms with Gasteiger partial charge in [-0.1, -0.05) is 17.7 Å². The van der Waals surface area contributed by atoms with Crippen LogP contribution in [0.3, 0.4) is 0 Å². The van der Waals surface area contributed by atoms with Crippen LogP contribution in [0.2, 0.25) is 5.02 Å². The van der Waals surface area contributed by atoms with Crippen molar-refractivity contribution in [3.63, 3.8) is 0 Å². The largest absolute Gasteiger partial charge is 0.486 e. The van der Waals surface area contributed by atoms with Gasteiger partial charge in [-0.2, -0.15) is 5.10 Å². The van der Waals surface area contributed by atoms with E-state index in [0.29, 0.717) is 35.8 Å². The molecular weight excluding hydrogens is 350 g/mol. The fraction of sp³-hybridized carbons (Fsp3) is 0.125. The first-order chi connectivity index (χ1) is 12.0. The number of carbonyl (C=O) groups excluding carboxylic acids is 1. The van der Waals surface area contributed by atoms with Gasteiger partial charge in [-0.05, 0) is 24.3 Å². The maximum atomic E-state index is 12.1. The van der Waals surface area contributed by atoms with Crippen molar-refractivity contribution in [3.8, 4) is 11.5 Å². The van der Waals surface area contributed by atoms with Gasteiger partial charge in [0.15, 0.2) is 11.5 Å². The molecule has 0 unspecified atom stereocenters. The lowest BCUT2D eigenvalue weighted by atomic mass is 10.2. The highest BCUT2D eigenvalue weighted by Crippen LogP contribution is 2.30. The zero-order chi connectivity index (χ0) is 17.8. The molecule has 1 aliphatic heterocycles. The first-order valence-corrected chi connectivity index (χ1v) is 7.59. The van der Waals surface area contributed by atoms with Crippen molar-refractivity contribution >= 4 is 29.4 Å². The number of halogens is 1. The van der Waals surface area contributed by atoms with E-state index in [9.17, 15) is 14.9 Å². The molecule has 0 saturated heterocycles. The number of ether oxygens (including phenoxy) is 2. The van der Waals surface area contributed by atoms with Crippen LogP contribution in [0.5, 0.6) is 11.5 Å². The Morgan fingerprint density at radius 3 is 2.72 bits per heavy atom. The zero-order valence-corrected chi connectivity index (χ0v) is 13.5. The van der Waals surface area contributed by atoms with E-state index in [1.165, 1.54) is 18.3 Å². The third-order valence-electron chi connectivity index (χ3n) is 3.35. The van der Waals surface area contributed by atoms with Gasteiger partial charge in [0, 0.05) is 17.2 Å². The molecule has 8 nitrogen and oxygen atoms in total. The maximum Gasteiger partial charge on any atom is 0.288 e. The minimum Gasteiger partial charge on any atom is -0.486 e. The van der Waals surface area contributed by atoms with Crippen LogP contribution in [0.1, 0.15) is 15.9 Å². The van der Waals surface area contributed by atoms with Crippen LogP contribution in [0.15, 0.2) is 41.5 Å². The molecule has 0 aromatic heterocycles. The molecule has 0 aliphatic carbocycles. The molecule has 0 radical (unpaired) electrons. The summed E-state index contributed by atoms with van der Waals surface area (Å²) < 4.78 is 10.8. The number of amides is 1. The molecule has 0 bridgehead atoms. The van der Waals surface area contributed by atoms with Crippen LogP contribution in [0, 0.1) is 10.1 Å². The fourth-order valence-corrected chi connectivity index (χ4v) is 2.35. The number of nitro groups is 1. The highest BCUT2D eigenvalue weighted by Gasteiger charge is 2.15. The van der Waals surface area contributed by atoms with Crippen molar-refractivity contribution in [2.45, 2.75) is 0 Å². The number of hydrazone groups is 1. The van der Waals surface area contributed by atoms with Crippen molar-refractivity contribution in [2.75, 3.05) is 13.2 Å². The smallest absolute Gasteiger partial charge is 0.288 e. The Labute approximate surface area is 147 Å². The average Bonchev–Trinajstić information content (AvgIpc) is 2.62. The van der Waals surface area contributed by atoms with Gasteiger partial charge < -0.3 is 9.47 Å². The molecule has 1 amide bonds. The third-order valence-corrected chi connectivity index (χ3v) is 3.67. The van der Waals surface area contributed by atoms with Gasteiger partial charge in [0.1, 0.15) is 18.2 Å². The van der Waals surface area contributed by atoms with Gasteiger partial charge in [-0.25, -0.2) is 5.43 Å². The molecule has 0 spiro atoms. The van der Waals surface area contributed by atoms with Crippen molar-refractivity contribution < 1.29 is 19.2 Å². The topological polar surface area (TPSA) is 103 Å². The van der Waals surface area contributed by atoms with Crippen LogP contribution >= 0.6 is 11.6 Å². The number of hydrogen-bond acceptors (Lipinski definition) is 6. The summed E-state index contributed by atoms with van der Waals surface area (Å²) in [6.45, 7) is 0.891. The Hall–Kier alpha value is -3.13. The van der Waals surface area contributed by atoms with E-state index in [4.69, 9.17) is 21.1 Å². The standard InChI is InChI=1S/C16H12ClN3O5/c17-12-3-1-10(7-13(12)20(22)23)9-18-19-16(21)11-2-4-14-15(8-11)25-6-5-24-14/h1-4,7-9H,5-6H2,(H,19,21)/b18-9+. The van der Waals surface area contributed by atoms with E-state index in [1.54, 1.807) is 24.3 Å². The third kappa shape index (κ3) is 3.86. The van der Waals surface area contributed by atoms with Gasteiger partial charge in [-0.3, -0.25) is 14.9 Å². The van der Waals surface area contributed by atoms with E-state index in [-0.39, 0.29) is 10.7 Å². The minimum absolute atomic E-state index is 0.0301. The Morgan fingerprint density at radius 1 is 1.20 bits per heavy atom. The normalized spacial score (nSPS) is 12.8. The second kappa shape index (κ2) is 7.18. The number of rotatable bonds is 4. The summed E-state index contributed by atoms with van der Waals surface area (Å²) in [6.07, 6.45) is 1.29. The molecule has 3 rings (SSSR count). The monoisotopic (exact) mass is 361 g/mol. The minimum atomic E-state index is -0.590. The highest BCUT2D eigenvalue weighted by molar-refractivity contribution is 6.32. The second-order valence-corrected chi connectivity index (χ2v) is 5.43. The maximum absolute atomic E-state index is 12.1. The summed E-state index contributed by atoms with van der Waals surface area (Å²) in [5, 5.41) is 14.7. The molecule has 2 aromatic rings. The number of hydrogen-bond donors (Lipinski definition) is 1. The highest BCUT2D eigenvalue weighted by atomic mass is 35.5. The molecule has 1 aliphatic rings. The number of nitrogens with one attached hydrogen (secondary N) is 1. The predicted molar refractivity (Wildman–Crippen MR) is 90.6 cm³/mol. The number of carbonyl (C=O) groups is 1. The van der Waals surface area contributed by atoms with E-state index in [1.807, 2.05) is 0 Å². The van der Waals surface area contributed by atoms with Crippen molar-refractivity contribution in [2.24, 2.45) is 5.10 Å². The van der Waals surface area contributed by atoms with Crippen molar-refractivity contribution in [1.29, 1.82) is 0 Å². The lowest BCUT2D eigenvalue weighted by Gasteiger charge is -2.18. The molecule has 0 fully saturated rings. The fourth-order valence-electron chi connectivity index (χ4n) is 2.16. The van der Waals surface area contributed by atoms with Crippen molar-refractivity contribution in [1.82, 2.24) is 5.43 Å². The molecule has 25 heavy (non-hydrogen) atoms. The molecule has 1 heterocycles. The number of nitrogens with zero attached hydrogens (tertiary/aromatic N) is 2. The number of benzene rings is 2. The summed E-state index contributed by atoms with van der Waals surface area (Å²) in [5.41, 5.74) is 2.90. The first-order valence-electron chi connectivity index (χ1n) is 7.21. The van der Waals surface area contributed by atoms with E-state index >= 15 is 0 Å². The van der Waals surface area contributed by atoms with Crippen molar-refractivity contribution in [3.05, 3.63) is 62.7 Å². The Balaban J connectivity index is 1.69. The van der Waals surface area contributed by atoms with Gasteiger partial charge in [0.2, 0.25) is 0 Å². The summed E-state index contributed by atoms with van der Waals surface area (Å²) >= 11 is 5.74. The van der Waals surface area contributed by atoms with Crippen LogP contribution in [0.4, 0.5) is 5.69 Å². The van der Waals surface area contributed by atoms with Gasteiger partial charge in [-0.15, -0.1) is 0 Å².